The molecule has 1 atom stereocenters. The number of hydrogen-bond acceptors (Lipinski definition) is 5. The first-order chi connectivity index (χ1) is 12.8. The van der Waals surface area contributed by atoms with Crippen LogP contribution in [0.25, 0.3) is 0 Å². The number of halogens is 1. The molecule has 0 aliphatic rings. The summed E-state index contributed by atoms with van der Waals surface area (Å²) in [5.74, 6) is -0.920. The molecule has 0 saturated carbocycles. The summed E-state index contributed by atoms with van der Waals surface area (Å²) in [5, 5.41) is 3.20. The zero-order chi connectivity index (χ0) is 20.0. The second kappa shape index (κ2) is 9.19. The topological polar surface area (TPSA) is 81.7 Å². The fraction of sp³-hybridized carbons (Fsp3) is 0.250. The van der Waals surface area contributed by atoms with Crippen LogP contribution in [-0.4, -0.2) is 30.4 Å². The molecule has 0 aliphatic carbocycles. The van der Waals surface area contributed by atoms with Gasteiger partial charge in [0, 0.05) is 16.3 Å². The first-order valence-electron chi connectivity index (χ1n) is 8.27. The van der Waals surface area contributed by atoms with E-state index in [1.54, 1.807) is 43.3 Å². The Balaban J connectivity index is 1.87. The number of carbonyl (C=O) groups is 3. The van der Waals surface area contributed by atoms with Gasteiger partial charge in [0.2, 0.25) is 0 Å². The molecule has 0 bridgehead atoms. The van der Waals surface area contributed by atoms with Crippen molar-refractivity contribution in [1.29, 1.82) is 0 Å². The van der Waals surface area contributed by atoms with E-state index in [0.29, 0.717) is 22.0 Å². The number of esters is 1. The summed E-state index contributed by atoms with van der Waals surface area (Å²) in [6, 6.07) is 11.6. The highest BCUT2D eigenvalue weighted by Crippen LogP contribution is 2.23. The molecule has 0 unspecified atom stereocenters. The van der Waals surface area contributed by atoms with E-state index in [9.17, 15) is 14.4 Å². The number of benzene rings is 2. The van der Waals surface area contributed by atoms with Crippen molar-refractivity contribution in [1.82, 2.24) is 0 Å². The summed E-state index contributed by atoms with van der Waals surface area (Å²) in [7, 11) is 0. The van der Waals surface area contributed by atoms with Crippen LogP contribution < -0.4 is 10.1 Å². The van der Waals surface area contributed by atoms with Crippen LogP contribution in [0.5, 0.6) is 5.75 Å². The highest BCUT2D eigenvalue weighted by Gasteiger charge is 2.19. The van der Waals surface area contributed by atoms with E-state index in [4.69, 9.17) is 21.1 Å². The SMILES string of the molecule is CC(=O)c1cccc(OCC(=O)O[C@@H](C)C(=O)Nc2cccc(Cl)c2C)c1. The highest BCUT2D eigenvalue weighted by molar-refractivity contribution is 6.31. The van der Waals surface area contributed by atoms with E-state index >= 15 is 0 Å². The predicted molar refractivity (Wildman–Crippen MR) is 102 cm³/mol. The van der Waals surface area contributed by atoms with Crippen molar-refractivity contribution in [3.8, 4) is 5.75 Å². The molecule has 0 saturated heterocycles. The van der Waals surface area contributed by atoms with Gasteiger partial charge < -0.3 is 14.8 Å². The molecular formula is C20H20ClNO5. The Labute approximate surface area is 162 Å². The maximum Gasteiger partial charge on any atom is 0.344 e. The Morgan fingerprint density at radius 3 is 2.56 bits per heavy atom. The molecule has 0 radical (unpaired) electrons. The van der Waals surface area contributed by atoms with E-state index < -0.39 is 18.0 Å². The van der Waals surface area contributed by atoms with Gasteiger partial charge in [-0.05, 0) is 50.6 Å². The van der Waals surface area contributed by atoms with Crippen molar-refractivity contribution in [3.05, 3.63) is 58.6 Å². The summed E-state index contributed by atoms with van der Waals surface area (Å²) >= 11 is 6.02. The maximum atomic E-state index is 12.2. The summed E-state index contributed by atoms with van der Waals surface area (Å²) < 4.78 is 10.4. The number of carbonyl (C=O) groups excluding carboxylic acids is 3. The Kier molecular flexibility index (Phi) is 6.96. The molecule has 6 nitrogen and oxygen atoms in total. The minimum Gasteiger partial charge on any atom is -0.482 e. The van der Waals surface area contributed by atoms with Crippen molar-refractivity contribution in [2.75, 3.05) is 11.9 Å². The lowest BCUT2D eigenvalue weighted by Crippen LogP contribution is -2.31. The number of anilines is 1. The van der Waals surface area contributed by atoms with Crippen LogP contribution in [0.3, 0.4) is 0 Å². The number of Topliss-reactive ketones (excluding diaryl/α,β-unsaturated/α-hetero) is 1. The summed E-state index contributed by atoms with van der Waals surface area (Å²) in [4.78, 5) is 35.5. The van der Waals surface area contributed by atoms with E-state index in [2.05, 4.69) is 5.32 Å². The molecule has 0 fully saturated rings. The zero-order valence-electron chi connectivity index (χ0n) is 15.2. The van der Waals surface area contributed by atoms with Gasteiger partial charge in [0.15, 0.2) is 18.5 Å². The molecule has 7 heteroatoms. The van der Waals surface area contributed by atoms with Crippen LogP contribution in [0, 0.1) is 6.92 Å². The first kappa shape index (κ1) is 20.5. The molecular weight excluding hydrogens is 370 g/mol. The lowest BCUT2D eigenvalue weighted by molar-refractivity contribution is -0.155. The molecule has 0 aromatic heterocycles. The number of ether oxygens (including phenoxy) is 2. The Bertz CT molecular complexity index is 865. The van der Waals surface area contributed by atoms with Gasteiger partial charge in [0.1, 0.15) is 5.75 Å². The van der Waals surface area contributed by atoms with Gasteiger partial charge in [-0.25, -0.2) is 4.79 Å². The number of ketones is 1. The molecule has 27 heavy (non-hydrogen) atoms. The molecule has 1 N–H and O–H groups in total. The van der Waals surface area contributed by atoms with E-state index in [0.717, 1.165) is 5.56 Å². The molecule has 0 aliphatic heterocycles. The molecule has 2 rings (SSSR count). The van der Waals surface area contributed by atoms with Gasteiger partial charge in [0.25, 0.3) is 5.91 Å². The van der Waals surface area contributed by atoms with Crippen molar-refractivity contribution in [2.45, 2.75) is 26.9 Å². The smallest absolute Gasteiger partial charge is 0.344 e. The van der Waals surface area contributed by atoms with Crippen molar-refractivity contribution >= 4 is 34.9 Å². The molecule has 0 heterocycles. The van der Waals surface area contributed by atoms with Crippen LogP contribution >= 0.6 is 11.6 Å². The Hall–Kier alpha value is -2.86. The van der Waals surface area contributed by atoms with Crippen LogP contribution in [-0.2, 0) is 14.3 Å². The minimum atomic E-state index is -1.01. The molecule has 0 spiro atoms. The highest BCUT2D eigenvalue weighted by atomic mass is 35.5. The van der Waals surface area contributed by atoms with Gasteiger partial charge in [-0.1, -0.05) is 29.8 Å². The minimum absolute atomic E-state index is 0.107. The van der Waals surface area contributed by atoms with Crippen LogP contribution in [0.4, 0.5) is 5.69 Å². The van der Waals surface area contributed by atoms with Crippen molar-refractivity contribution < 1.29 is 23.9 Å². The van der Waals surface area contributed by atoms with Gasteiger partial charge in [-0.2, -0.15) is 0 Å². The quantitative estimate of drug-likeness (QED) is 0.575. The maximum absolute atomic E-state index is 12.2. The number of amides is 1. The Morgan fingerprint density at radius 1 is 1.15 bits per heavy atom. The van der Waals surface area contributed by atoms with Gasteiger partial charge in [0.05, 0.1) is 0 Å². The molecule has 1 amide bonds. The van der Waals surface area contributed by atoms with E-state index in [-0.39, 0.29) is 12.4 Å². The largest absolute Gasteiger partial charge is 0.482 e. The normalized spacial score (nSPS) is 11.4. The Morgan fingerprint density at radius 2 is 1.85 bits per heavy atom. The van der Waals surface area contributed by atoms with Crippen molar-refractivity contribution in [2.24, 2.45) is 0 Å². The second-order valence-electron chi connectivity index (χ2n) is 5.91. The third-order valence-electron chi connectivity index (χ3n) is 3.80. The third-order valence-corrected chi connectivity index (χ3v) is 4.21. The average Bonchev–Trinajstić information content (AvgIpc) is 2.64. The van der Waals surface area contributed by atoms with Crippen LogP contribution in [0.1, 0.15) is 29.8 Å². The number of nitrogens with one attached hydrogen (secondary N) is 1. The second-order valence-corrected chi connectivity index (χ2v) is 6.31. The van der Waals surface area contributed by atoms with E-state index in [1.165, 1.54) is 19.9 Å². The van der Waals surface area contributed by atoms with Crippen LogP contribution in [0.15, 0.2) is 42.5 Å². The zero-order valence-corrected chi connectivity index (χ0v) is 16.0. The standard InChI is InChI=1S/C20H20ClNO5/c1-12-17(21)8-5-9-18(12)22-20(25)14(3)27-19(24)11-26-16-7-4-6-15(10-16)13(2)23/h4-10,14H,11H2,1-3H3,(H,22,25)/t14-/m0/s1. The third kappa shape index (κ3) is 5.82. The molecule has 142 valence electrons. The first-order valence-corrected chi connectivity index (χ1v) is 8.65. The lowest BCUT2D eigenvalue weighted by atomic mass is 10.1. The van der Waals surface area contributed by atoms with Crippen molar-refractivity contribution in [3.63, 3.8) is 0 Å². The van der Waals surface area contributed by atoms with Crippen LogP contribution in [0.2, 0.25) is 5.02 Å². The van der Waals surface area contributed by atoms with E-state index in [1.807, 2.05) is 0 Å². The monoisotopic (exact) mass is 389 g/mol. The number of rotatable bonds is 7. The fourth-order valence-corrected chi connectivity index (χ4v) is 2.38. The average molecular weight is 390 g/mol. The van der Waals surface area contributed by atoms with Gasteiger partial charge in [-0.3, -0.25) is 9.59 Å². The van der Waals surface area contributed by atoms with Gasteiger partial charge >= 0.3 is 5.97 Å². The fourth-order valence-electron chi connectivity index (χ4n) is 2.21. The summed E-state index contributed by atoms with van der Waals surface area (Å²) in [5.41, 5.74) is 1.75. The predicted octanol–water partition coefficient (Wildman–Crippen LogP) is 3.80. The summed E-state index contributed by atoms with van der Waals surface area (Å²) in [6.07, 6.45) is -1.01. The number of hydrogen-bond donors (Lipinski definition) is 1. The lowest BCUT2D eigenvalue weighted by Gasteiger charge is -2.15. The summed E-state index contributed by atoms with van der Waals surface area (Å²) in [6.45, 7) is 4.30. The van der Waals surface area contributed by atoms with Gasteiger partial charge in [-0.15, -0.1) is 0 Å². The molecule has 2 aromatic carbocycles. The molecule has 2 aromatic rings.